The van der Waals surface area contributed by atoms with Crippen LogP contribution in [0, 0.1) is 0 Å². The molecule has 1 saturated heterocycles. The number of nitrogens with one attached hydrogen (secondary N) is 1. The highest BCUT2D eigenvalue weighted by Crippen LogP contribution is 2.29. The largest absolute Gasteiger partial charge is 0.481 e. The van der Waals surface area contributed by atoms with Crippen LogP contribution in [0.4, 0.5) is 13.2 Å². The molecule has 1 aliphatic rings. The lowest BCUT2D eigenvalue weighted by atomic mass is 10.0. The number of aromatic nitrogens is 3. The van der Waals surface area contributed by atoms with Crippen molar-refractivity contribution in [3.63, 3.8) is 0 Å². The van der Waals surface area contributed by atoms with E-state index < -0.39 is 12.7 Å². The van der Waals surface area contributed by atoms with Crippen molar-refractivity contribution in [2.45, 2.75) is 37.8 Å². The third-order valence-electron chi connectivity index (χ3n) is 4.06. The molecule has 3 rings (SSSR count). The topological polar surface area (TPSA) is 61.2 Å². The molecule has 2 atom stereocenters. The second-order valence-corrected chi connectivity index (χ2v) is 5.79. The summed E-state index contributed by atoms with van der Waals surface area (Å²) < 4.78 is 49.6. The molecule has 2 aromatic heterocycles. The van der Waals surface area contributed by atoms with E-state index in [1.54, 1.807) is 19.4 Å². The molecule has 0 aromatic carbocycles. The Morgan fingerprint density at radius 1 is 1.36 bits per heavy atom. The molecule has 1 aliphatic heterocycles. The molecule has 3 heterocycles. The van der Waals surface area contributed by atoms with Crippen molar-refractivity contribution in [1.29, 1.82) is 0 Å². The molecule has 1 fully saturated rings. The maximum Gasteiger partial charge on any atom is 0.406 e. The van der Waals surface area contributed by atoms with Gasteiger partial charge in [-0.2, -0.15) is 13.2 Å². The zero-order valence-electron chi connectivity index (χ0n) is 13.7. The van der Waals surface area contributed by atoms with Crippen LogP contribution in [0.25, 0.3) is 0 Å². The van der Waals surface area contributed by atoms with E-state index in [1.165, 1.54) is 12.4 Å². The van der Waals surface area contributed by atoms with Crippen LogP contribution >= 0.6 is 0 Å². The minimum atomic E-state index is -4.27. The van der Waals surface area contributed by atoms with E-state index in [-0.39, 0.29) is 18.7 Å². The fourth-order valence-electron chi connectivity index (χ4n) is 2.87. The normalized spacial score (nSPS) is 20.8. The van der Waals surface area contributed by atoms with Crippen molar-refractivity contribution < 1.29 is 22.6 Å². The zero-order chi connectivity index (χ0) is 17.9. The summed E-state index contributed by atoms with van der Waals surface area (Å²) in [6.45, 7) is -0.237. The minimum absolute atomic E-state index is 0.0220. The Hall–Kier alpha value is -2.13. The van der Waals surface area contributed by atoms with Gasteiger partial charge in [-0.3, -0.25) is 0 Å². The van der Waals surface area contributed by atoms with Gasteiger partial charge < -0.3 is 19.4 Å². The number of pyridine rings is 1. The van der Waals surface area contributed by atoms with Gasteiger partial charge in [0.2, 0.25) is 5.88 Å². The van der Waals surface area contributed by atoms with Crippen molar-refractivity contribution in [3.8, 4) is 5.88 Å². The number of alkyl halides is 3. The van der Waals surface area contributed by atoms with Crippen LogP contribution < -0.4 is 10.1 Å². The van der Waals surface area contributed by atoms with Crippen LogP contribution in [-0.4, -0.2) is 40.5 Å². The average Bonchev–Trinajstić information content (AvgIpc) is 3.20. The number of rotatable bonds is 6. The molecule has 0 radical (unpaired) electrons. The number of nitrogens with zero attached hydrogens (tertiary/aromatic N) is 3. The molecule has 9 heteroatoms. The summed E-state index contributed by atoms with van der Waals surface area (Å²) in [5.74, 6) is 0.858. The molecule has 0 amide bonds. The first-order chi connectivity index (χ1) is 12.0. The zero-order valence-corrected chi connectivity index (χ0v) is 13.7. The van der Waals surface area contributed by atoms with Crippen molar-refractivity contribution in [1.82, 2.24) is 19.9 Å². The van der Waals surface area contributed by atoms with Crippen molar-refractivity contribution in [3.05, 3.63) is 42.1 Å². The highest BCUT2D eigenvalue weighted by molar-refractivity contribution is 5.21. The molecule has 25 heavy (non-hydrogen) atoms. The van der Waals surface area contributed by atoms with Crippen LogP contribution in [0.15, 0.2) is 30.7 Å². The van der Waals surface area contributed by atoms with Crippen molar-refractivity contribution in [2.75, 3.05) is 13.7 Å². The average molecular weight is 356 g/mol. The van der Waals surface area contributed by atoms with Gasteiger partial charge in [-0.15, -0.1) is 0 Å². The molecular formula is C16H19F3N4O2. The maximum absolute atomic E-state index is 12.6. The van der Waals surface area contributed by atoms with E-state index in [9.17, 15) is 13.2 Å². The van der Waals surface area contributed by atoms with Gasteiger partial charge in [-0.05, 0) is 12.5 Å². The molecule has 0 saturated carbocycles. The van der Waals surface area contributed by atoms with Crippen molar-refractivity contribution >= 4 is 0 Å². The van der Waals surface area contributed by atoms with E-state index in [2.05, 4.69) is 15.3 Å². The summed E-state index contributed by atoms with van der Waals surface area (Å²) in [6.07, 6.45) is 0.678. The first-order valence-corrected chi connectivity index (χ1v) is 7.88. The van der Waals surface area contributed by atoms with E-state index in [4.69, 9.17) is 9.47 Å². The second-order valence-electron chi connectivity index (χ2n) is 5.79. The van der Waals surface area contributed by atoms with Gasteiger partial charge >= 0.3 is 6.18 Å². The summed E-state index contributed by atoms with van der Waals surface area (Å²) in [5, 5.41) is 3.25. The van der Waals surface area contributed by atoms with Gasteiger partial charge in [0, 0.05) is 42.9 Å². The van der Waals surface area contributed by atoms with Crippen molar-refractivity contribution in [2.24, 2.45) is 0 Å². The predicted octanol–water partition coefficient (Wildman–Crippen LogP) is 2.47. The van der Waals surface area contributed by atoms with Crippen LogP contribution in [0.3, 0.4) is 0 Å². The molecule has 1 N–H and O–H groups in total. The molecule has 2 aromatic rings. The van der Waals surface area contributed by atoms with Crippen LogP contribution in [0.2, 0.25) is 0 Å². The molecule has 6 nitrogen and oxygen atoms in total. The first kappa shape index (κ1) is 17.7. The standard InChI is InChI=1S/C16H19F3N4O2/c1-24-14-3-2-11(8-22-14)15-12(4-7-25-15)21-9-13-20-5-6-23(13)10-16(17,18)19/h2-3,5-6,8,12,15,21H,4,7,9-10H2,1H3/t12-,15+/m0/s1. The predicted molar refractivity (Wildman–Crippen MR) is 83.0 cm³/mol. The van der Waals surface area contributed by atoms with E-state index in [1.807, 2.05) is 6.07 Å². The number of halogens is 3. The third kappa shape index (κ3) is 4.49. The number of imidazole rings is 1. The first-order valence-electron chi connectivity index (χ1n) is 7.88. The Balaban J connectivity index is 1.63. The SMILES string of the molecule is COc1ccc([C@H]2OCC[C@@H]2NCc2nccn2CC(F)(F)F)cn1. The lowest BCUT2D eigenvalue weighted by Crippen LogP contribution is -2.32. The monoisotopic (exact) mass is 356 g/mol. The quantitative estimate of drug-likeness (QED) is 0.862. The highest BCUT2D eigenvalue weighted by atomic mass is 19.4. The van der Waals surface area contributed by atoms with Gasteiger partial charge in [-0.25, -0.2) is 9.97 Å². The number of ether oxygens (including phenoxy) is 2. The maximum atomic E-state index is 12.6. The highest BCUT2D eigenvalue weighted by Gasteiger charge is 2.31. The summed E-state index contributed by atoms with van der Waals surface area (Å²) >= 11 is 0. The van der Waals surface area contributed by atoms with Gasteiger partial charge in [0.05, 0.1) is 19.8 Å². The minimum Gasteiger partial charge on any atom is -0.481 e. The van der Waals surface area contributed by atoms with Gasteiger partial charge in [0.25, 0.3) is 0 Å². The number of hydrogen-bond donors (Lipinski definition) is 1. The van der Waals surface area contributed by atoms with E-state index in [0.717, 1.165) is 16.6 Å². The van der Waals surface area contributed by atoms with Crippen LogP contribution in [0.1, 0.15) is 23.9 Å². The molecule has 0 spiro atoms. The van der Waals surface area contributed by atoms with Gasteiger partial charge in [0.1, 0.15) is 12.4 Å². The molecule has 0 aliphatic carbocycles. The summed E-state index contributed by atoms with van der Waals surface area (Å²) in [5.41, 5.74) is 0.898. The smallest absolute Gasteiger partial charge is 0.406 e. The van der Waals surface area contributed by atoms with Crippen LogP contribution in [0.5, 0.6) is 5.88 Å². The lowest BCUT2D eigenvalue weighted by molar-refractivity contribution is -0.141. The Labute approximate surface area is 143 Å². The lowest BCUT2D eigenvalue weighted by Gasteiger charge is -2.20. The van der Waals surface area contributed by atoms with Crippen LogP contribution in [-0.2, 0) is 17.8 Å². The Morgan fingerprint density at radius 2 is 2.20 bits per heavy atom. The summed E-state index contributed by atoms with van der Waals surface area (Å²) in [7, 11) is 1.54. The molecular weight excluding hydrogens is 337 g/mol. The molecule has 0 unspecified atom stereocenters. The summed E-state index contributed by atoms with van der Waals surface area (Å²) in [6, 6.07) is 3.61. The second kappa shape index (κ2) is 7.40. The number of hydrogen-bond acceptors (Lipinski definition) is 5. The van der Waals surface area contributed by atoms with E-state index in [0.29, 0.717) is 18.3 Å². The fraction of sp³-hybridized carbons (Fsp3) is 0.500. The Bertz CT molecular complexity index is 687. The summed E-state index contributed by atoms with van der Waals surface area (Å²) in [4.78, 5) is 8.18. The van der Waals surface area contributed by atoms with E-state index >= 15 is 0 Å². The Kier molecular flexibility index (Phi) is 5.24. The van der Waals surface area contributed by atoms with Gasteiger partial charge in [0.15, 0.2) is 0 Å². The van der Waals surface area contributed by atoms with Gasteiger partial charge in [-0.1, -0.05) is 0 Å². The third-order valence-corrected chi connectivity index (χ3v) is 4.06. The molecule has 136 valence electrons. The Morgan fingerprint density at radius 3 is 2.88 bits per heavy atom. The molecule has 0 bridgehead atoms. The number of methoxy groups -OCH3 is 1. The fourth-order valence-corrected chi connectivity index (χ4v) is 2.87.